The summed E-state index contributed by atoms with van der Waals surface area (Å²) in [6, 6.07) is 56.5. The minimum Gasteiger partial charge on any atom is -0.485 e. The van der Waals surface area contributed by atoms with Gasteiger partial charge in [-0.1, -0.05) is 121 Å². The first kappa shape index (κ1) is 40.4. The topological polar surface area (TPSA) is 26.5 Å². The van der Waals surface area contributed by atoms with Crippen molar-refractivity contribution in [3.05, 3.63) is 212 Å². The highest BCUT2D eigenvalue weighted by Gasteiger charge is 2.36. The number of allylic oxidation sites excluding steroid dienone is 4. The van der Waals surface area contributed by atoms with Gasteiger partial charge in [-0.3, -0.25) is 4.99 Å². The third-order valence-corrected chi connectivity index (χ3v) is 19.5. The van der Waals surface area contributed by atoms with E-state index in [0.29, 0.717) is 0 Å². The average molecular weight is 965 g/mol. The van der Waals surface area contributed by atoms with Crippen molar-refractivity contribution in [2.75, 3.05) is 0 Å². The van der Waals surface area contributed by atoms with Crippen molar-refractivity contribution >= 4 is 131 Å². The molecule has 2 atom stereocenters. The Bertz CT molecular complexity index is 4450. The maximum absolute atomic E-state index is 6.64. The van der Waals surface area contributed by atoms with Crippen molar-refractivity contribution < 1.29 is 4.74 Å². The van der Waals surface area contributed by atoms with Gasteiger partial charge in [-0.2, -0.15) is 0 Å². The number of fused-ring (bicyclic) bond motifs is 15. The van der Waals surface area contributed by atoms with Gasteiger partial charge in [-0.25, -0.2) is 0 Å². The summed E-state index contributed by atoms with van der Waals surface area (Å²) in [7, 11) is 0. The average Bonchev–Trinajstić information content (AvgIpc) is 4.27. The van der Waals surface area contributed by atoms with E-state index < -0.39 is 0 Å². The number of ether oxygens (including phenoxy) is 1. The first-order valence-corrected chi connectivity index (χ1v) is 27.4. The van der Waals surface area contributed by atoms with E-state index in [2.05, 4.69) is 187 Å². The van der Waals surface area contributed by atoms with Crippen molar-refractivity contribution in [1.29, 1.82) is 0 Å². The van der Waals surface area contributed by atoms with E-state index in [0.717, 1.165) is 43.6 Å². The molecule has 16 rings (SSSR count). The van der Waals surface area contributed by atoms with Crippen LogP contribution in [0.5, 0.6) is 5.75 Å². The highest BCUT2D eigenvalue weighted by Crippen LogP contribution is 2.49. The maximum Gasteiger partial charge on any atom is 0.129 e. The van der Waals surface area contributed by atoms with Crippen LogP contribution in [0.1, 0.15) is 60.2 Å². The molecule has 0 fully saturated rings. The van der Waals surface area contributed by atoms with E-state index >= 15 is 0 Å². The predicted molar refractivity (Wildman–Crippen MR) is 305 cm³/mol. The predicted octanol–water partition coefficient (Wildman–Crippen LogP) is 16.6. The lowest BCUT2D eigenvalue weighted by Gasteiger charge is -2.30. The van der Waals surface area contributed by atoms with Gasteiger partial charge < -0.3 is 9.30 Å². The van der Waals surface area contributed by atoms with Gasteiger partial charge in [-0.15, -0.1) is 34.0 Å². The van der Waals surface area contributed by atoms with Crippen LogP contribution < -0.4 is 14.5 Å². The fraction of sp³-hybridized carbons (Fsp3) is 0.123. The molecule has 0 amide bonds. The van der Waals surface area contributed by atoms with Crippen molar-refractivity contribution in [3.63, 3.8) is 0 Å². The molecule has 3 nitrogen and oxygen atoms in total. The fourth-order valence-corrected chi connectivity index (χ4v) is 16.4. The van der Waals surface area contributed by atoms with Crippen LogP contribution in [-0.2, 0) is 6.42 Å². The zero-order chi connectivity index (χ0) is 46.5. The summed E-state index contributed by atoms with van der Waals surface area (Å²) in [5.41, 5.74) is 18.2. The lowest BCUT2D eigenvalue weighted by atomic mass is 9.79. The number of aliphatic imine (C=N–C) groups is 1. The molecule has 0 spiro atoms. The van der Waals surface area contributed by atoms with Gasteiger partial charge in [0.2, 0.25) is 0 Å². The van der Waals surface area contributed by atoms with E-state index in [9.17, 15) is 0 Å². The molecule has 6 heterocycles. The molecule has 0 saturated heterocycles. The fourth-order valence-electron chi connectivity index (χ4n) is 12.9. The zero-order valence-corrected chi connectivity index (χ0v) is 41.4. The normalized spacial score (nSPS) is 18.4. The minimum atomic E-state index is -0.0424. The first-order chi connectivity index (χ1) is 35.1. The van der Waals surface area contributed by atoms with E-state index in [1.165, 1.54) is 138 Å². The first-order valence-electron chi connectivity index (χ1n) is 25.0. The lowest BCUT2D eigenvalue weighted by molar-refractivity contribution is 0.278. The minimum absolute atomic E-state index is 0.00614. The SMILES string of the molecule is CC1=C(C2=c3c(sc4ccc(-c5ccc6c7c(sc6c5)CC(n5c6ccccc6c6ccccc65)=C7)cc34)=CCC2)CC(c2cccc3sc4ccccc4c23)N=C1C1=C2c3ccccc3OC2CC=C1. The molecule has 4 aromatic heterocycles. The molecule has 7 aromatic carbocycles. The number of para-hydroxylation sites is 3. The molecule has 0 bridgehead atoms. The number of hydrogen-bond acceptors (Lipinski definition) is 5. The Morgan fingerprint density at radius 2 is 1.41 bits per heavy atom. The summed E-state index contributed by atoms with van der Waals surface area (Å²) in [4.78, 5) is 7.34. The molecule has 6 heteroatoms. The second-order valence-corrected chi connectivity index (χ2v) is 23.1. The van der Waals surface area contributed by atoms with Gasteiger partial charge >= 0.3 is 0 Å². The van der Waals surface area contributed by atoms with Gasteiger partial charge in [0.05, 0.1) is 22.8 Å². The number of benzene rings is 7. The Morgan fingerprint density at radius 1 is 0.648 bits per heavy atom. The molecule has 0 saturated carbocycles. The third kappa shape index (κ3) is 5.96. The Balaban J connectivity index is 0.843. The molecule has 0 N–H and O–H groups in total. The number of rotatable bonds is 5. The smallest absolute Gasteiger partial charge is 0.129 e. The molecule has 0 radical (unpaired) electrons. The zero-order valence-electron chi connectivity index (χ0n) is 39.0. The number of thiophene rings is 3. The summed E-state index contributed by atoms with van der Waals surface area (Å²) in [5, 5.41) is 9.45. The molecule has 2 aliphatic heterocycles. The monoisotopic (exact) mass is 964 g/mol. The van der Waals surface area contributed by atoms with Gasteiger partial charge in [0.25, 0.3) is 0 Å². The molecule has 3 aliphatic carbocycles. The highest BCUT2D eigenvalue weighted by molar-refractivity contribution is 7.25. The van der Waals surface area contributed by atoms with Crippen LogP contribution in [0.3, 0.4) is 0 Å². The quantitative estimate of drug-likeness (QED) is 0.169. The van der Waals surface area contributed by atoms with E-state index in [4.69, 9.17) is 9.73 Å². The molecule has 2 unspecified atom stereocenters. The van der Waals surface area contributed by atoms with Crippen LogP contribution in [0, 0.1) is 0 Å². The van der Waals surface area contributed by atoms with E-state index in [1.807, 2.05) is 34.0 Å². The Labute approximate surface area is 422 Å². The largest absolute Gasteiger partial charge is 0.485 e. The van der Waals surface area contributed by atoms with E-state index in [-0.39, 0.29) is 12.1 Å². The standard InChI is InChI=1S/C65H44N2OS3/c1-36-48(35-51(44-18-12-26-59-64(44)46-16-5-9-24-56(46)69-59)66-65(36)47-19-10-23-55-62(47)45-15-4-8-22-54(45)68-55)43-17-11-25-58-63(43)50-31-37(28-30-57(50)70-58)38-27-29-42-49-33-39(34-61(49)71-60(42)32-38)67-52-20-6-2-13-40(52)41-14-3-7-21-53(41)67/h2-10,12-16,18-22,24-33,51,55H,11,17,23,34-35H2,1H3. The Morgan fingerprint density at radius 3 is 2.30 bits per heavy atom. The molecular formula is C65H44N2OS3. The maximum atomic E-state index is 6.64. The van der Waals surface area contributed by atoms with Crippen molar-refractivity contribution in [2.45, 2.75) is 51.2 Å². The molecular weight excluding hydrogens is 921 g/mol. The molecule has 71 heavy (non-hydrogen) atoms. The molecule has 338 valence electrons. The van der Waals surface area contributed by atoms with Crippen LogP contribution in [0.4, 0.5) is 0 Å². The van der Waals surface area contributed by atoms with Crippen LogP contribution in [0.25, 0.3) is 102 Å². The number of aromatic nitrogens is 1. The van der Waals surface area contributed by atoms with Crippen LogP contribution in [0.2, 0.25) is 0 Å². The summed E-state index contributed by atoms with van der Waals surface area (Å²) in [5.74, 6) is 0.976. The van der Waals surface area contributed by atoms with Gasteiger partial charge in [0.15, 0.2) is 0 Å². The number of dihydropyridines is 1. The van der Waals surface area contributed by atoms with Gasteiger partial charge in [0, 0.05) is 101 Å². The molecule has 5 aliphatic rings. The second kappa shape index (κ2) is 15.3. The summed E-state index contributed by atoms with van der Waals surface area (Å²) < 4.78 is 15.9. The van der Waals surface area contributed by atoms with Crippen molar-refractivity contribution in [1.82, 2.24) is 4.57 Å². The third-order valence-electron chi connectivity index (χ3n) is 16.0. The Hall–Kier alpha value is -7.35. The molecule has 11 aromatic rings. The summed E-state index contributed by atoms with van der Waals surface area (Å²) in [6.45, 7) is 2.36. The van der Waals surface area contributed by atoms with Crippen LogP contribution in [-0.4, -0.2) is 16.4 Å². The number of nitrogens with zero attached hydrogens (tertiary/aromatic N) is 2. The van der Waals surface area contributed by atoms with Crippen molar-refractivity contribution in [2.24, 2.45) is 4.99 Å². The van der Waals surface area contributed by atoms with Crippen LogP contribution >= 0.6 is 34.0 Å². The van der Waals surface area contributed by atoms with Gasteiger partial charge in [-0.05, 0) is 120 Å². The Kier molecular flexibility index (Phi) is 8.72. The van der Waals surface area contributed by atoms with Crippen molar-refractivity contribution in [3.8, 4) is 16.9 Å². The lowest BCUT2D eigenvalue weighted by Crippen LogP contribution is -2.28. The highest BCUT2D eigenvalue weighted by atomic mass is 32.1. The summed E-state index contributed by atoms with van der Waals surface area (Å²) >= 11 is 5.81. The van der Waals surface area contributed by atoms with E-state index in [1.54, 1.807) is 0 Å². The summed E-state index contributed by atoms with van der Waals surface area (Å²) in [6.07, 6.45) is 14.3. The van der Waals surface area contributed by atoms with Gasteiger partial charge in [0.1, 0.15) is 11.9 Å². The second-order valence-electron chi connectivity index (χ2n) is 19.8. The van der Waals surface area contributed by atoms with Crippen LogP contribution in [0.15, 0.2) is 186 Å². The number of hydrogen-bond donors (Lipinski definition) is 0.